The van der Waals surface area contributed by atoms with Crippen LogP contribution in [0.1, 0.15) is 4.88 Å². The quantitative estimate of drug-likeness (QED) is 0.279. The Morgan fingerprint density at radius 2 is 1.80 bits per heavy atom. The van der Waals surface area contributed by atoms with E-state index in [9.17, 15) is 9.50 Å². The third-order valence-electron chi connectivity index (χ3n) is 3.34. The molecular weight excluding hydrogens is 379 g/mol. The van der Waals surface area contributed by atoms with Gasteiger partial charge in [-0.1, -0.05) is 42.0 Å². The van der Waals surface area contributed by atoms with Gasteiger partial charge in [0, 0.05) is 12.1 Å². The molecule has 0 fully saturated rings. The monoisotopic (exact) mass is 391 g/mol. The summed E-state index contributed by atoms with van der Waals surface area (Å²) in [6.45, 7) is 0. The van der Waals surface area contributed by atoms with E-state index in [2.05, 4.69) is 5.32 Å². The Labute approximate surface area is 158 Å². The molecule has 0 atom stereocenters. The van der Waals surface area contributed by atoms with E-state index < -0.39 is 5.82 Å². The van der Waals surface area contributed by atoms with Crippen LogP contribution in [-0.4, -0.2) is 10.1 Å². The minimum Gasteiger partial charge on any atom is -0.501 e. The molecule has 25 heavy (non-hydrogen) atoms. The normalized spacial score (nSPS) is 11.8. The number of benzene rings is 1. The summed E-state index contributed by atoms with van der Waals surface area (Å²) < 4.78 is 16.1. The van der Waals surface area contributed by atoms with E-state index >= 15 is 0 Å². The molecule has 2 aromatic heterocycles. The summed E-state index contributed by atoms with van der Waals surface area (Å²) in [5.41, 5.74) is 0.566. The molecule has 0 aliphatic heterocycles. The number of aliphatic hydroxyl groups is 1. The van der Waals surface area contributed by atoms with Gasteiger partial charge in [0.25, 0.3) is 5.70 Å². The number of nitrogens with zero attached hydrogens (tertiary/aromatic N) is 1. The van der Waals surface area contributed by atoms with Crippen molar-refractivity contribution in [1.82, 2.24) is 0 Å². The fraction of sp³-hybridized carbons (Fsp3) is 0. The summed E-state index contributed by atoms with van der Waals surface area (Å²) in [6, 6.07) is 15.1. The molecule has 7 heteroatoms. The highest BCUT2D eigenvalue weighted by Gasteiger charge is 2.25. The van der Waals surface area contributed by atoms with Crippen LogP contribution in [0.15, 0.2) is 67.0 Å². The summed E-state index contributed by atoms with van der Waals surface area (Å²) in [6.07, 6.45) is 3.49. The molecule has 3 nitrogen and oxygen atoms in total. The zero-order valence-electron chi connectivity index (χ0n) is 12.8. The molecule has 2 N–H and O–H groups in total. The van der Waals surface area contributed by atoms with Crippen LogP contribution in [0.5, 0.6) is 0 Å². The van der Waals surface area contributed by atoms with Gasteiger partial charge < -0.3 is 10.4 Å². The number of hydrogen-bond donors (Lipinski definition) is 2. The summed E-state index contributed by atoms with van der Waals surface area (Å²) in [7, 11) is 0. The van der Waals surface area contributed by atoms with Crippen molar-refractivity contribution in [2.24, 2.45) is 0 Å². The summed E-state index contributed by atoms with van der Waals surface area (Å²) in [5, 5.41) is 13.6. The summed E-state index contributed by atoms with van der Waals surface area (Å²) >= 11 is 12.6. The highest BCUT2D eigenvalue weighted by atomic mass is 35.5. The smallest absolute Gasteiger partial charge is 0.289 e. The van der Waals surface area contributed by atoms with Gasteiger partial charge in [0.2, 0.25) is 5.76 Å². The molecule has 0 unspecified atom stereocenters. The number of anilines is 1. The van der Waals surface area contributed by atoms with Crippen LogP contribution in [0.25, 0.3) is 11.5 Å². The lowest BCUT2D eigenvalue weighted by molar-refractivity contribution is -0.575. The molecule has 0 bridgehead atoms. The number of aromatic nitrogens is 1. The molecule has 3 aromatic rings. The van der Waals surface area contributed by atoms with E-state index in [0.717, 1.165) is 0 Å². The Kier molecular flexibility index (Phi) is 5.43. The first-order valence-electron chi connectivity index (χ1n) is 7.28. The van der Waals surface area contributed by atoms with Crippen LogP contribution in [-0.2, 0) is 0 Å². The number of pyridine rings is 1. The number of para-hydroxylation sites is 1. The number of halogens is 2. The molecule has 0 aliphatic carbocycles. The average Bonchev–Trinajstić information content (AvgIpc) is 3.04. The van der Waals surface area contributed by atoms with Crippen molar-refractivity contribution in [3.8, 4) is 0 Å². The summed E-state index contributed by atoms with van der Waals surface area (Å²) in [5.74, 6) is -0.470. The number of hydrogen-bond acceptors (Lipinski definition) is 3. The van der Waals surface area contributed by atoms with Gasteiger partial charge in [0.15, 0.2) is 17.4 Å². The maximum absolute atomic E-state index is 13.9. The van der Waals surface area contributed by atoms with Crippen molar-refractivity contribution >= 4 is 57.3 Å². The van der Waals surface area contributed by atoms with Crippen molar-refractivity contribution in [2.45, 2.75) is 0 Å². The van der Waals surface area contributed by atoms with Crippen LogP contribution in [0.4, 0.5) is 10.1 Å². The predicted octanol–water partition coefficient (Wildman–Crippen LogP) is 5.15. The maximum Gasteiger partial charge on any atom is 0.289 e. The Bertz CT molecular complexity index is 941. The Morgan fingerprint density at radius 1 is 1.08 bits per heavy atom. The lowest BCUT2D eigenvalue weighted by Crippen LogP contribution is -2.38. The lowest BCUT2D eigenvalue weighted by atomic mass is 10.2. The molecule has 0 radical (unpaired) electrons. The highest BCUT2D eigenvalue weighted by Crippen LogP contribution is 2.29. The van der Waals surface area contributed by atoms with Gasteiger partial charge in [0.1, 0.15) is 5.82 Å². The number of thiocarbonyl (C=S) groups is 1. The fourth-order valence-corrected chi connectivity index (χ4v) is 3.50. The topological polar surface area (TPSA) is 36.1 Å². The maximum atomic E-state index is 13.9. The first-order chi connectivity index (χ1) is 12.1. The average molecular weight is 392 g/mol. The van der Waals surface area contributed by atoms with E-state index in [1.807, 2.05) is 6.07 Å². The van der Waals surface area contributed by atoms with E-state index in [1.54, 1.807) is 59.4 Å². The second kappa shape index (κ2) is 7.74. The van der Waals surface area contributed by atoms with Gasteiger partial charge in [-0.15, -0.1) is 11.3 Å². The Balaban J connectivity index is 2.06. The van der Waals surface area contributed by atoms with Gasteiger partial charge in [0.05, 0.1) is 14.9 Å². The minimum atomic E-state index is -0.430. The van der Waals surface area contributed by atoms with Crippen molar-refractivity contribution in [3.05, 3.63) is 82.0 Å². The van der Waals surface area contributed by atoms with Gasteiger partial charge >= 0.3 is 0 Å². The van der Waals surface area contributed by atoms with Crippen molar-refractivity contribution < 1.29 is 14.1 Å². The summed E-state index contributed by atoms with van der Waals surface area (Å²) in [4.78, 5) is 0.748. The first kappa shape index (κ1) is 17.5. The number of rotatable bonds is 4. The van der Waals surface area contributed by atoms with Crippen LogP contribution < -0.4 is 9.88 Å². The Morgan fingerprint density at radius 3 is 2.44 bits per heavy atom. The number of nitrogens with one attached hydrogen (secondary N) is 1. The van der Waals surface area contributed by atoms with Crippen molar-refractivity contribution in [2.75, 3.05) is 5.32 Å². The number of aliphatic hydroxyl groups excluding tert-OH is 1. The van der Waals surface area contributed by atoms with Gasteiger partial charge in [-0.2, -0.15) is 4.57 Å². The van der Waals surface area contributed by atoms with Gasteiger partial charge in [-0.25, -0.2) is 4.39 Å². The Hall–Kier alpha value is -2.28. The molecule has 0 saturated heterocycles. The fourth-order valence-electron chi connectivity index (χ4n) is 2.20. The SMILES string of the molecule is OC(=C(C(=S)Nc1ccccc1F)[n+]1ccccc1)c1ccc(Cl)s1. The molecule has 0 aliphatic rings. The molecule has 0 spiro atoms. The molecule has 126 valence electrons. The van der Waals surface area contributed by atoms with Crippen LogP contribution in [0.2, 0.25) is 4.34 Å². The molecule has 0 amide bonds. The third-order valence-corrected chi connectivity index (χ3v) is 4.88. The first-order valence-corrected chi connectivity index (χ1v) is 8.88. The second-order valence-electron chi connectivity index (χ2n) is 5.02. The van der Waals surface area contributed by atoms with Gasteiger partial charge in [-0.3, -0.25) is 0 Å². The molecule has 0 saturated carbocycles. The van der Waals surface area contributed by atoms with Crippen LogP contribution in [0, 0.1) is 5.82 Å². The van der Waals surface area contributed by atoms with E-state index in [-0.39, 0.29) is 16.4 Å². The zero-order valence-corrected chi connectivity index (χ0v) is 15.2. The minimum absolute atomic E-state index is 0.0399. The molecule has 2 heterocycles. The van der Waals surface area contributed by atoms with Crippen LogP contribution >= 0.6 is 35.2 Å². The molecule has 1 aromatic carbocycles. The number of thiophene rings is 1. The van der Waals surface area contributed by atoms with Gasteiger partial charge in [-0.05, 0) is 24.3 Å². The lowest BCUT2D eigenvalue weighted by Gasteiger charge is -2.10. The molecule has 3 rings (SSSR count). The van der Waals surface area contributed by atoms with Crippen LogP contribution in [0.3, 0.4) is 0 Å². The third kappa shape index (κ3) is 4.04. The largest absolute Gasteiger partial charge is 0.501 e. The van der Waals surface area contributed by atoms with Crippen molar-refractivity contribution in [1.29, 1.82) is 0 Å². The highest BCUT2D eigenvalue weighted by molar-refractivity contribution is 7.81. The standard InChI is InChI=1S/C18H12ClFN2OS2/c19-15-9-8-14(25-15)17(23)16(22-10-4-1-5-11-22)18(24)21-13-7-3-2-6-12(13)20/h1-11H,(H-,21,23,24)/p+1. The van der Waals surface area contributed by atoms with E-state index in [0.29, 0.717) is 14.9 Å². The van der Waals surface area contributed by atoms with E-state index in [1.165, 1.54) is 17.4 Å². The predicted molar refractivity (Wildman–Crippen MR) is 104 cm³/mol. The zero-order chi connectivity index (χ0) is 17.8. The second-order valence-corrected chi connectivity index (χ2v) is 7.14. The van der Waals surface area contributed by atoms with Crippen molar-refractivity contribution in [3.63, 3.8) is 0 Å². The molecular formula is C18H13ClFN2OS2+. The van der Waals surface area contributed by atoms with E-state index in [4.69, 9.17) is 23.8 Å².